The lowest BCUT2D eigenvalue weighted by atomic mass is 10.2. The van der Waals surface area contributed by atoms with Crippen LogP contribution in [0.1, 0.15) is 5.56 Å². The van der Waals surface area contributed by atoms with Crippen LogP contribution in [0.15, 0.2) is 17.4 Å². The molecule has 2 aromatic rings. The van der Waals surface area contributed by atoms with Crippen LogP contribution >= 0.6 is 0 Å². The smallest absolute Gasteiger partial charge is 0.176 e. The number of hydrogen-bond donors (Lipinski definition) is 1. The molecule has 0 spiro atoms. The summed E-state index contributed by atoms with van der Waals surface area (Å²) in [4.78, 5) is 8.83. The van der Waals surface area contributed by atoms with Crippen molar-refractivity contribution in [2.45, 2.75) is 6.61 Å². The van der Waals surface area contributed by atoms with Gasteiger partial charge in [-0.25, -0.2) is 10.1 Å². The van der Waals surface area contributed by atoms with Crippen LogP contribution < -0.4 is 0 Å². The van der Waals surface area contributed by atoms with Crippen molar-refractivity contribution in [3.8, 4) is 0 Å². The molecule has 2 rings (SSSR count). The topological polar surface area (TPSA) is 76.1 Å². The summed E-state index contributed by atoms with van der Waals surface area (Å²) in [6.07, 6.45) is 1.66. The molecule has 0 fully saturated rings. The van der Waals surface area contributed by atoms with Crippen LogP contribution in [-0.2, 0) is 11.4 Å². The number of pyridine rings is 1. The molecule has 2 heterocycles. The zero-order chi connectivity index (χ0) is 9.10. The quantitative estimate of drug-likeness (QED) is 0.546. The van der Waals surface area contributed by atoms with Crippen LogP contribution in [0.25, 0.3) is 11.2 Å². The number of aromatic amines is 1. The highest BCUT2D eigenvalue weighted by atomic mass is 16.6. The molecule has 0 atom stereocenters. The van der Waals surface area contributed by atoms with Gasteiger partial charge in [0.2, 0.25) is 0 Å². The molecule has 0 radical (unpaired) electrons. The van der Waals surface area contributed by atoms with Gasteiger partial charge in [-0.15, -0.1) is 10.3 Å². The van der Waals surface area contributed by atoms with E-state index in [-0.39, 0.29) is 0 Å². The molecule has 0 saturated carbocycles. The van der Waals surface area contributed by atoms with Gasteiger partial charge in [0.1, 0.15) is 12.1 Å². The van der Waals surface area contributed by atoms with E-state index in [9.17, 15) is 0 Å². The zero-order valence-electron chi connectivity index (χ0n) is 6.77. The van der Waals surface area contributed by atoms with E-state index in [2.05, 4.69) is 32.3 Å². The standard InChI is InChI=1S/C7H7N5O/c1-8-13-4-5-2-3-9-7-6(5)10-12-11-7/h2-3H,1,4H2,(H,9,10,11,12). The third-order valence-electron chi connectivity index (χ3n) is 1.63. The summed E-state index contributed by atoms with van der Waals surface area (Å²) in [6.45, 7) is 3.54. The predicted octanol–water partition coefficient (Wildman–Crippen LogP) is 0.485. The minimum Gasteiger partial charge on any atom is -0.391 e. The van der Waals surface area contributed by atoms with E-state index >= 15 is 0 Å². The van der Waals surface area contributed by atoms with Crippen molar-refractivity contribution in [2.24, 2.45) is 5.16 Å². The van der Waals surface area contributed by atoms with E-state index in [1.807, 2.05) is 0 Å². The average molecular weight is 177 g/mol. The summed E-state index contributed by atoms with van der Waals surface area (Å²) in [7, 11) is 0. The molecule has 0 aliphatic carbocycles. The Morgan fingerprint density at radius 2 is 2.54 bits per heavy atom. The van der Waals surface area contributed by atoms with E-state index < -0.39 is 0 Å². The largest absolute Gasteiger partial charge is 0.391 e. The SMILES string of the molecule is C=NOCc1ccnc2[nH]nnc12. The Bertz CT molecular complexity index is 423. The number of fused-ring (bicyclic) bond motifs is 1. The Morgan fingerprint density at radius 1 is 1.62 bits per heavy atom. The summed E-state index contributed by atoms with van der Waals surface area (Å²) in [5.74, 6) is 0. The molecule has 0 bridgehead atoms. The van der Waals surface area contributed by atoms with E-state index in [4.69, 9.17) is 4.84 Å². The van der Waals surface area contributed by atoms with Gasteiger partial charge in [0, 0.05) is 18.5 Å². The zero-order valence-corrected chi connectivity index (χ0v) is 6.77. The molecule has 6 heteroatoms. The molecule has 0 aliphatic rings. The molecule has 0 unspecified atom stereocenters. The molecule has 6 nitrogen and oxygen atoms in total. The van der Waals surface area contributed by atoms with Crippen molar-refractivity contribution in [1.82, 2.24) is 20.4 Å². The fourth-order valence-corrected chi connectivity index (χ4v) is 1.04. The predicted molar refractivity (Wildman–Crippen MR) is 46.0 cm³/mol. The molecule has 0 aromatic carbocycles. The molecule has 0 aliphatic heterocycles. The Labute approximate surface area is 73.6 Å². The number of hydrogen-bond acceptors (Lipinski definition) is 5. The average Bonchev–Trinajstić information content (AvgIpc) is 2.62. The van der Waals surface area contributed by atoms with E-state index in [1.165, 1.54) is 0 Å². The van der Waals surface area contributed by atoms with Crippen molar-refractivity contribution in [1.29, 1.82) is 0 Å². The first kappa shape index (κ1) is 7.66. The third kappa shape index (κ3) is 1.33. The van der Waals surface area contributed by atoms with E-state index in [1.54, 1.807) is 12.3 Å². The number of rotatable bonds is 3. The van der Waals surface area contributed by atoms with Crippen molar-refractivity contribution in [2.75, 3.05) is 0 Å². The molecule has 0 amide bonds. The minimum atomic E-state index is 0.328. The number of H-pyrrole nitrogens is 1. The summed E-state index contributed by atoms with van der Waals surface area (Å²) < 4.78 is 0. The van der Waals surface area contributed by atoms with Crippen molar-refractivity contribution in [3.63, 3.8) is 0 Å². The maximum Gasteiger partial charge on any atom is 0.176 e. The van der Waals surface area contributed by atoms with Crippen molar-refractivity contribution < 1.29 is 4.84 Å². The second-order valence-corrected chi connectivity index (χ2v) is 2.38. The Kier molecular flexibility index (Phi) is 1.87. The van der Waals surface area contributed by atoms with Crippen LogP contribution in [0.5, 0.6) is 0 Å². The number of aromatic nitrogens is 4. The van der Waals surface area contributed by atoms with Crippen LogP contribution in [0.4, 0.5) is 0 Å². The lowest BCUT2D eigenvalue weighted by Crippen LogP contribution is -1.89. The molecular formula is C7H7N5O. The highest BCUT2D eigenvalue weighted by Crippen LogP contribution is 2.11. The lowest BCUT2D eigenvalue weighted by Gasteiger charge is -1.97. The van der Waals surface area contributed by atoms with Gasteiger partial charge in [-0.2, -0.15) is 0 Å². The van der Waals surface area contributed by atoms with Gasteiger partial charge < -0.3 is 4.84 Å². The van der Waals surface area contributed by atoms with Gasteiger partial charge >= 0.3 is 0 Å². The van der Waals surface area contributed by atoms with Gasteiger partial charge in [0.15, 0.2) is 5.65 Å². The van der Waals surface area contributed by atoms with Crippen LogP contribution in [-0.4, -0.2) is 27.1 Å². The first-order chi connectivity index (χ1) is 6.42. The molecule has 66 valence electrons. The van der Waals surface area contributed by atoms with Gasteiger partial charge in [0.05, 0.1) is 0 Å². The maximum atomic E-state index is 4.80. The molecule has 1 N–H and O–H groups in total. The summed E-state index contributed by atoms with van der Waals surface area (Å²) >= 11 is 0. The maximum absolute atomic E-state index is 4.80. The van der Waals surface area contributed by atoms with Gasteiger partial charge in [-0.05, 0) is 6.07 Å². The first-order valence-electron chi connectivity index (χ1n) is 3.64. The monoisotopic (exact) mass is 177 g/mol. The van der Waals surface area contributed by atoms with Crippen LogP contribution in [0, 0.1) is 0 Å². The third-order valence-corrected chi connectivity index (χ3v) is 1.63. The number of nitrogens with zero attached hydrogens (tertiary/aromatic N) is 4. The number of oxime groups is 1. The Balaban J connectivity index is 2.42. The number of nitrogens with one attached hydrogen (secondary N) is 1. The van der Waals surface area contributed by atoms with E-state index in [0.717, 1.165) is 5.56 Å². The van der Waals surface area contributed by atoms with Crippen molar-refractivity contribution in [3.05, 3.63) is 17.8 Å². The van der Waals surface area contributed by atoms with Crippen LogP contribution in [0.3, 0.4) is 0 Å². The second-order valence-electron chi connectivity index (χ2n) is 2.38. The van der Waals surface area contributed by atoms with Gasteiger partial charge in [-0.1, -0.05) is 5.21 Å². The lowest BCUT2D eigenvalue weighted by molar-refractivity contribution is 0.134. The normalized spacial score (nSPS) is 10.2. The van der Waals surface area contributed by atoms with Crippen molar-refractivity contribution >= 4 is 17.9 Å². The summed E-state index contributed by atoms with van der Waals surface area (Å²) in [5, 5.41) is 13.4. The first-order valence-corrected chi connectivity index (χ1v) is 3.64. The van der Waals surface area contributed by atoms with Gasteiger partial charge in [0.25, 0.3) is 0 Å². The van der Waals surface area contributed by atoms with Crippen LogP contribution in [0.2, 0.25) is 0 Å². The molecule has 13 heavy (non-hydrogen) atoms. The van der Waals surface area contributed by atoms with E-state index in [0.29, 0.717) is 17.8 Å². The Hall–Kier alpha value is -1.98. The molecule has 0 saturated heterocycles. The highest BCUT2D eigenvalue weighted by Gasteiger charge is 2.04. The molecular weight excluding hydrogens is 170 g/mol. The minimum absolute atomic E-state index is 0.328. The highest BCUT2D eigenvalue weighted by molar-refractivity contribution is 5.72. The van der Waals surface area contributed by atoms with Gasteiger partial charge in [-0.3, -0.25) is 0 Å². The second kappa shape index (κ2) is 3.18. The summed E-state index contributed by atoms with van der Waals surface area (Å²) in [6, 6.07) is 1.80. The summed E-state index contributed by atoms with van der Waals surface area (Å²) in [5.41, 5.74) is 2.22. The fraction of sp³-hybridized carbons (Fsp3) is 0.143. The Morgan fingerprint density at radius 3 is 3.38 bits per heavy atom. The fourth-order valence-electron chi connectivity index (χ4n) is 1.04. The molecule has 2 aromatic heterocycles.